The molecule has 4 rings (SSSR count). The molecule has 0 saturated carbocycles. The van der Waals surface area contributed by atoms with E-state index in [1.807, 2.05) is 53.4 Å². The van der Waals surface area contributed by atoms with E-state index in [0.29, 0.717) is 18.8 Å². The molecule has 34 heavy (non-hydrogen) atoms. The molecular weight excluding hydrogens is 432 g/mol. The lowest BCUT2D eigenvalue weighted by Gasteiger charge is -2.34. The molecule has 0 aliphatic carbocycles. The van der Waals surface area contributed by atoms with Gasteiger partial charge in [-0.25, -0.2) is 9.78 Å². The SMILES string of the molecule is COc1ccc(CC(NC(=O)NCCN2CCN(C(C)=O)CC2)c2nc3ccccc3[nH]2)cc1. The summed E-state index contributed by atoms with van der Waals surface area (Å²) in [5.41, 5.74) is 2.86. The summed E-state index contributed by atoms with van der Waals surface area (Å²) in [6.07, 6.45) is 0.588. The van der Waals surface area contributed by atoms with Crippen molar-refractivity contribution in [3.8, 4) is 5.75 Å². The first-order valence-corrected chi connectivity index (χ1v) is 11.6. The predicted octanol–water partition coefficient (Wildman–Crippen LogP) is 2.32. The number of carbonyl (C=O) groups is 2. The Morgan fingerprint density at radius 2 is 1.82 bits per heavy atom. The van der Waals surface area contributed by atoms with E-state index in [1.54, 1.807) is 14.0 Å². The summed E-state index contributed by atoms with van der Waals surface area (Å²) in [5, 5.41) is 6.05. The lowest BCUT2D eigenvalue weighted by atomic mass is 10.1. The molecular formula is C25H32N6O3. The third-order valence-electron chi connectivity index (χ3n) is 6.17. The third kappa shape index (κ3) is 6.05. The summed E-state index contributed by atoms with van der Waals surface area (Å²) in [6.45, 7) is 5.99. The van der Waals surface area contributed by atoms with Crippen LogP contribution in [0.5, 0.6) is 5.75 Å². The summed E-state index contributed by atoms with van der Waals surface area (Å²) in [4.78, 5) is 36.4. The fourth-order valence-electron chi connectivity index (χ4n) is 4.17. The Morgan fingerprint density at radius 1 is 1.09 bits per heavy atom. The summed E-state index contributed by atoms with van der Waals surface area (Å²) >= 11 is 0. The maximum atomic E-state index is 12.8. The summed E-state index contributed by atoms with van der Waals surface area (Å²) in [7, 11) is 1.64. The lowest BCUT2D eigenvalue weighted by Crippen LogP contribution is -2.50. The van der Waals surface area contributed by atoms with Crippen molar-refractivity contribution in [2.45, 2.75) is 19.4 Å². The van der Waals surface area contributed by atoms with Crippen molar-refractivity contribution in [1.82, 2.24) is 30.4 Å². The van der Waals surface area contributed by atoms with E-state index >= 15 is 0 Å². The number of para-hydroxylation sites is 2. The lowest BCUT2D eigenvalue weighted by molar-refractivity contribution is -0.130. The zero-order chi connectivity index (χ0) is 23.9. The van der Waals surface area contributed by atoms with Gasteiger partial charge in [0.1, 0.15) is 11.6 Å². The van der Waals surface area contributed by atoms with Crippen LogP contribution in [0.25, 0.3) is 11.0 Å². The van der Waals surface area contributed by atoms with Crippen molar-refractivity contribution in [1.29, 1.82) is 0 Å². The second-order valence-corrected chi connectivity index (χ2v) is 8.49. The molecule has 1 saturated heterocycles. The normalized spacial score (nSPS) is 15.2. The van der Waals surface area contributed by atoms with E-state index in [-0.39, 0.29) is 18.0 Å². The molecule has 180 valence electrons. The highest BCUT2D eigenvalue weighted by Gasteiger charge is 2.21. The maximum Gasteiger partial charge on any atom is 0.315 e. The van der Waals surface area contributed by atoms with E-state index in [2.05, 4.69) is 20.5 Å². The predicted molar refractivity (Wildman–Crippen MR) is 131 cm³/mol. The van der Waals surface area contributed by atoms with Gasteiger partial charge in [-0.2, -0.15) is 0 Å². The number of nitrogens with one attached hydrogen (secondary N) is 3. The van der Waals surface area contributed by atoms with Gasteiger partial charge in [-0.15, -0.1) is 0 Å². The number of imidazole rings is 1. The molecule has 1 aliphatic rings. The second kappa shape index (κ2) is 11.0. The van der Waals surface area contributed by atoms with Gasteiger partial charge in [0.25, 0.3) is 0 Å². The number of ether oxygens (including phenoxy) is 1. The van der Waals surface area contributed by atoms with Crippen LogP contribution in [-0.4, -0.2) is 78.1 Å². The zero-order valence-electron chi connectivity index (χ0n) is 19.7. The number of rotatable bonds is 8. The van der Waals surface area contributed by atoms with Gasteiger partial charge in [0.2, 0.25) is 5.91 Å². The van der Waals surface area contributed by atoms with E-state index in [1.165, 1.54) is 0 Å². The fourth-order valence-corrected chi connectivity index (χ4v) is 4.17. The van der Waals surface area contributed by atoms with Crippen LogP contribution in [0.4, 0.5) is 4.79 Å². The number of hydrogen-bond donors (Lipinski definition) is 3. The van der Waals surface area contributed by atoms with Gasteiger partial charge in [-0.3, -0.25) is 9.69 Å². The molecule has 0 bridgehead atoms. The number of fused-ring (bicyclic) bond motifs is 1. The van der Waals surface area contributed by atoms with Crippen LogP contribution in [-0.2, 0) is 11.2 Å². The minimum absolute atomic E-state index is 0.116. The van der Waals surface area contributed by atoms with Gasteiger partial charge in [0, 0.05) is 46.2 Å². The zero-order valence-corrected chi connectivity index (χ0v) is 19.7. The van der Waals surface area contributed by atoms with Crippen LogP contribution in [0.15, 0.2) is 48.5 Å². The number of hydrogen-bond acceptors (Lipinski definition) is 5. The Bertz CT molecular complexity index is 1070. The van der Waals surface area contributed by atoms with Crippen LogP contribution in [0, 0.1) is 0 Å². The number of carbonyl (C=O) groups excluding carboxylic acids is 2. The standard InChI is InChI=1S/C25H32N6O3/c1-18(32)31-15-13-30(14-16-31)12-11-26-25(33)29-23(17-19-7-9-20(34-2)10-8-19)24-27-21-5-3-4-6-22(21)28-24/h3-10,23H,11-17H2,1-2H3,(H,27,28)(H2,26,29,33). The average Bonchev–Trinajstić information content (AvgIpc) is 3.29. The third-order valence-corrected chi connectivity index (χ3v) is 6.17. The summed E-state index contributed by atoms with van der Waals surface area (Å²) in [5.74, 6) is 1.62. The quantitative estimate of drug-likeness (QED) is 0.475. The van der Waals surface area contributed by atoms with Crippen LogP contribution in [0.2, 0.25) is 0 Å². The number of piperazine rings is 1. The first-order valence-electron chi connectivity index (χ1n) is 11.6. The number of amides is 3. The number of methoxy groups -OCH3 is 1. The Hall–Kier alpha value is -3.59. The molecule has 1 aromatic heterocycles. The minimum atomic E-state index is -0.320. The molecule has 9 nitrogen and oxygen atoms in total. The van der Waals surface area contributed by atoms with Crippen molar-refractivity contribution >= 4 is 23.0 Å². The average molecular weight is 465 g/mol. The van der Waals surface area contributed by atoms with Crippen LogP contribution in [0.3, 0.4) is 0 Å². The smallest absolute Gasteiger partial charge is 0.315 e. The van der Waals surface area contributed by atoms with Crippen molar-refractivity contribution in [3.05, 3.63) is 59.9 Å². The Kier molecular flexibility index (Phi) is 7.64. The van der Waals surface area contributed by atoms with E-state index in [0.717, 1.165) is 55.1 Å². The number of nitrogens with zero attached hydrogens (tertiary/aromatic N) is 3. The van der Waals surface area contributed by atoms with Gasteiger partial charge < -0.3 is 25.3 Å². The molecule has 1 aliphatic heterocycles. The van der Waals surface area contributed by atoms with Crippen molar-refractivity contribution in [3.63, 3.8) is 0 Å². The number of aromatic nitrogens is 2. The molecule has 3 aromatic rings. The van der Waals surface area contributed by atoms with Gasteiger partial charge >= 0.3 is 6.03 Å². The van der Waals surface area contributed by atoms with Gasteiger partial charge in [-0.05, 0) is 36.2 Å². The molecule has 1 fully saturated rings. The maximum absolute atomic E-state index is 12.8. The van der Waals surface area contributed by atoms with Gasteiger partial charge in [0.05, 0.1) is 24.2 Å². The van der Waals surface area contributed by atoms with Crippen molar-refractivity contribution < 1.29 is 14.3 Å². The first-order chi connectivity index (χ1) is 16.5. The van der Waals surface area contributed by atoms with Crippen molar-refractivity contribution in [2.24, 2.45) is 0 Å². The molecule has 1 atom stereocenters. The van der Waals surface area contributed by atoms with Crippen molar-refractivity contribution in [2.75, 3.05) is 46.4 Å². The van der Waals surface area contributed by atoms with Gasteiger partial charge in [0.15, 0.2) is 0 Å². The highest BCUT2D eigenvalue weighted by Crippen LogP contribution is 2.21. The molecule has 0 spiro atoms. The Balaban J connectivity index is 1.36. The molecule has 0 radical (unpaired) electrons. The molecule has 9 heteroatoms. The molecule has 2 aromatic carbocycles. The monoisotopic (exact) mass is 464 g/mol. The molecule has 2 heterocycles. The Morgan fingerprint density at radius 3 is 2.50 bits per heavy atom. The number of benzene rings is 2. The number of H-pyrrole nitrogens is 1. The number of aromatic amines is 1. The van der Waals surface area contributed by atoms with E-state index in [4.69, 9.17) is 9.72 Å². The highest BCUT2D eigenvalue weighted by atomic mass is 16.5. The largest absolute Gasteiger partial charge is 0.497 e. The number of urea groups is 1. The molecule has 3 N–H and O–H groups in total. The van der Waals surface area contributed by atoms with Gasteiger partial charge in [-0.1, -0.05) is 24.3 Å². The fraction of sp³-hybridized carbons (Fsp3) is 0.400. The van der Waals surface area contributed by atoms with E-state index in [9.17, 15) is 9.59 Å². The van der Waals surface area contributed by atoms with Crippen LogP contribution < -0.4 is 15.4 Å². The van der Waals surface area contributed by atoms with E-state index < -0.39 is 0 Å². The van der Waals surface area contributed by atoms with Crippen LogP contribution in [0.1, 0.15) is 24.4 Å². The first kappa shape index (κ1) is 23.6. The highest BCUT2D eigenvalue weighted by molar-refractivity contribution is 5.76. The minimum Gasteiger partial charge on any atom is -0.497 e. The Labute approximate surface area is 199 Å². The molecule has 3 amide bonds. The van der Waals surface area contributed by atoms with Crippen LogP contribution >= 0.6 is 0 Å². The molecule has 1 unspecified atom stereocenters. The summed E-state index contributed by atoms with van der Waals surface area (Å²) < 4.78 is 5.25. The summed E-state index contributed by atoms with van der Waals surface area (Å²) in [6, 6.07) is 15.1. The second-order valence-electron chi connectivity index (χ2n) is 8.49. The topological polar surface area (TPSA) is 103 Å².